The molecule has 0 radical (unpaired) electrons. The Labute approximate surface area is 253 Å². The molecule has 0 unspecified atom stereocenters. The van der Waals surface area contributed by atoms with E-state index in [9.17, 15) is 0 Å². The number of aromatic nitrogens is 3. The standard InChI is InChI=1S/C40H25N3O/c1-2-11-26(12-3-1)34-25-35(42-40(41-34)43-36-18-7-4-15-30(36)31-16-5-8-19-37(31)43)29-14-10-13-27(23-29)28-21-22-39-33(24-28)32-17-6-9-20-38(32)44-39/h1-25H. The van der Waals surface area contributed by atoms with Gasteiger partial charge in [-0.3, -0.25) is 4.57 Å². The molecule has 206 valence electrons. The fourth-order valence-electron chi connectivity index (χ4n) is 6.34. The number of hydrogen-bond donors (Lipinski definition) is 0. The monoisotopic (exact) mass is 563 g/mol. The summed E-state index contributed by atoms with van der Waals surface area (Å²) >= 11 is 0. The second-order valence-corrected chi connectivity index (χ2v) is 11.1. The number of benzene rings is 6. The predicted octanol–water partition coefficient (Wildman–Crippen LogP) is 10.5. The SMILES string of the molecule is c1ccc(-c2cc(-c3cccc(-c4ccc5oc6ccccc6c5c4)c3)nc(-n3c4ccccc4c4ccccc43)n2)cc1. The molecule has 9 aromatic rings. The van der Waals surface area contributed by atoms with Crippen molar-refractivity contribution in [2.24, 2.45) is 0 Å². The van der Waals surface area contributed by atoms with Crippen LogP contribution in [0.1, 0.15) is 0 Å². The molecule has 0 aliphatic carbocycles. The van der Waals surface area contributed by atoms with Crippen LogP contribution in [0.4, 0.5) is 0 Å². The van der Waals surface area contributed by atoms with E-state index in [-0.39, 0.29) is 0 Å². The first-order valence-corrected chi connectivity index (χ1v) is 14.8. The molecule has 4 heteroatoms. The van der Waals surface area contributed by atoms with Gasteiger partial charge in [0.25, 0.3) is 0 Å². The Morgan fingerprint density at radius 2 is 0.955 bits per heavy atom. The van der Waals surface area contributed by atoms with Crippen molar-refractivity contribution in [3.05, 3.63) is 152 Å². The minimum atomic E-state index is 0.649. The summed E-state index contributed by atoms with van der Waals surface area (Å²) in [6.07, 6.45) is 0. The van der Waals surface area contributed by atoms with Gasteiger partial charge in [-0.05, 0) is 53.6 Å². The van der Waals surface area contributed by atoms with Crippen LogP contribution in [0.5, 0.6) is 0 Å². The molecule has 9 rings (SSSR count). The van der Waals surface area contributed by atoms with Crippen LogP contribution in [-0.2, 0) is 0 Å². The van der Waals surface area contributed by atoms with E-state index in [1.165, 1.54) is 10.8 Å². The van der Waals surface area contributed by atoms with E-state index in [1.807, 2.05) is 30.3 Å². The third-order valence-electron chi connectivity index (χ3n) is 8.43. The minimum absolute atomic E-state index is 0.649. The largest absolute Gasteiger partial charge is 0.456 e. The zero-order valence-electron chi connectivity index (χ0n) is 23.7. The summed E-state index contributed by atoms with van der Waals surface area (Å²) in [6, 6.07) is 52.6. The lowest BCUT2D eigenvalue weighted by Crippen LogP contribution is -2.04. The molecule has 6 aromatic carbocycles. The fourth-order valence-corrected chi connectivity index (χ4v) is 6.34. The molecule has 0 fully saturated rings. The third kappa shape index (κ3) is 3.92. The minimum Gasteiger partial charge on any atom is -0.456 e. The summed E-state index contributed by atoms with van der Waals surface area (Å²) in [6.45, 7) is 0. The van der Waals surface area contributed by atoms with Crippen molar-refractivity contribution in [1.29, 1.82) is 0 Å². The van der Waals surface area contributed by atoms with Crippen molar-refractivity contribution in [3.63, 3.8) is 0 Å². The van der Waals surface area contributed by atoms with E-state index in [0.29, 0.717) is 5.95 Å². The fraction of sp³-hybridized carbons (Fsp3) is 0. The average molecular weight is 564 g/mol. The third-order valence-corrected chi connectivity index (χ3v) is 8.43. The summed E-state index contributed by atoms with van der Waals surface area (Å²) in [4.78, 5) is 10.4. The lowest BCUT2D eigenvalue weighted by molar-refractivity contribution is 0.669. The Balaban J connectivity index is 1.25. The Hall–Kier alpha value is -6.00. The highest BCUT2D eigenvalue weighted by Gasteiger charge is 2.17. The van der Waals surface area contributed by atoms with Crippen molar-refractivity contribution in [2.75, 3.05) is 0 Å². The van der Waals surface area contributed by atoms with Gasteiger partial charge < -0.3 is 4.42 Å². The number of fused-ring (bicyclic) bond motifs is 6. The summed E-state index contributed by atoms with van der Waals surface area (Å²) in [5.74, 6) is 0.649. The van der Waals surface area contributed by atoms with Crippen molar-refractivity contribution in [2.45, 2.75) is 0 Å². The van der Waals surface area contributed by atoms with Gasteiger partial charge in [0.05, 0.1) is 22.4 Å². The van der Waals surface area contributed by atoms with Crippen LogP contribution in [0, 0.1) is 0 Å². The summed E-state index contributed by atoms with van der Waals surface area (Å²) in [7, 11) is 0. The highest BCUT2D eigenvalue weighted by Crippen LogP contribution is 2.35. The molecule has 0 atom stereocenters. The molecule has 0 aliphatic rings. The molecular formula is C40H25N3O. The smallest absolute Gasteiger partial charge is 0.235 e. The number of para-hydroxylation sites is 3. The van der Waals surface area contributed by atoms with Crippen LogP contribution in [0.3, 0.4) is 0 Å². The van der Waals surface area contributed by atoms with Gasteiger partial charge >= 0.3 is 0 Å². The lowest BCUT2D eigenvalue weighted by Gasteiger charge is -2.12. The highest BCUT2D eigenvalue weighted by atomic mass is 16.3. The molecule has 0 aliphatic heterocycles. The van der Waals surface area contributed by atoms with Gasteiger partial charge in [0.1, 0.15) is 11.2 Å². The zero-order chi connectivity index (χ0) is 29.0. The van der Waals surface area contributed by atoms with Gasteiger partial charge in [-0.1, -0.05) is 109 Å². The van der Waals surface area contributed by atoms with Gasteiger partial charge in [0, 0.05) is 32.7 Å². The Morgan fingerprint density at radius 1 is 0.386 bits per heavy atom. The van der Waals surface area contributed by atoms with E-state index in [2.05, 4.69) is 126 Å². The Morgan fingerprint density at radius 3 is 1.73 bits per heavy atom. The lowest BCUT2D eigenvalue weighted by atomic mass is 9.99. The Kier molecular flexibility index (Phi) is 5.47. The van der Waals surface area contributed by atoms with Gasteiger partial charge in [0.15, 0.2) is 0 Å². The molecule has 4 nitrogen and oxygen atoms in total. The molecule has 0 N–H and O–H groups in total. The normalized spacial score (nSPS) is 11.6. The molecule has 44 heavy (non-hydrogen) atoms. The maximum absolute atomic E-state index is 6.08. The molecule has 0 spiro atoms. The van der Waals surface area contributed by atoms with E-state index in [0.717, 1.165) is 66.6 Å². The molecular weight excluding hydrogens is 538 g/mol. The maximum atomic E-state index is 6.08. The van der Waals surface area contributed by atoms with Gasteiger partial charge in [-0.2, -0.15) is 0 Å². The molecule has 0 saturated carbocycles. The number of hydrogen-bond acceptors (Lipinski definition) is 3. The Bertz CT molecular complexity index is 2450. The zero-order valence-corrected chi connectivity index (χ0v) is 23.7. The maximum Gasteiger partial charge on any atom is 0.235 e. The molecule has 0 bridgehead atoms. The van der Waals surface area contributed by atoms with E-state index in [4.69, 9.17) is 14.4 Å². The predicted molar refractivity (Wildman–Crippen MR) is 180 cm³/mol. The van der Waals surface area contributed by atoms with Crippen molar-refractivity contribution < 1.29 is 4.42 Å². The van der Waals surface area contributed by atoms with E-state index < -0.39 is 0 Å². The van der Waals surface area contributed by atoms with Crippen molar-refractivity contribution in [3.8, 4) is 39.6 Å². The second-order valence-electron chi connectivity index (χ2n) is 11.1. The molecule has 0 saturated heterocycles. The van der Waals surface area contributed by atoms with Crippen molar-refractivity contribution >= 4 is 43.7 Å². The van der Waals surface area contributed by atoms with Gasteiger partial charge in [-0.15, -0.1) is 0 Å². The summed E-state index contributed by atoms with van der Waals surface area (Å²) in [5, 5.41) is 4.61. The number of nitrogens with zero attached hydrogens (tertiary/aromatic N) is 3. The topological polar surface area (TPSA) is 43.9 Å². The van der Waals surface area contributed by atoms with Crippen LogP contribution < -0.4 is 0 Å². The molecule has 0 amide bonds. The summed E-state index contributed by atoms with van der Waals surface area (Å²) in [5.41, 5.74) is 10.0. The van der Waals surface area contributed by atoms with Crippen molar-refractivity contribution in [1.82, 2.24) is 14.5 Å². The first kappa shape index (κ1) is 24.6. The molecule has 3 aromatic heterocycles. The van der Waals surface area contributed by atoms with Crippen LogP contribution in [0.25, 0.3) is 83.3 Å². The van der Waals surface area contributed by atoms with Gasteiger partial charge in [0.2, 0.25) is 5.95 Å². The van der Waals surface area contributed by atoms with E-state index >= 15 is 0 Å². The van der Waals surface area contributed by atoms with Crippen LogP contribution in [0.2, 0.25) is 0 Å². The molecule has 3 heterocycles. The average Bonchev–Trinajstić information content (AvgIpc) is 3.64. The van der Waals surface area contributed by atoms with Crippen LogP contribution in [-0.4, -0.2) is 14.5 Å². The first-order valence-electron chi connectivity index (χ1n) is 14.8. The van der Waals surface area contributed by atoms with E-state index in [1.54, 1.807) is 0 Å². The first-order chi connectivity index (χ1) is 21.8. The number of furan rings is 1. The van der Waals surface area contributed by atoms with Gasteiger partial charge in [-0.25, -0.2) is 9.97 Å². The quantitative estimate of drug-likeness (QED) is 0.214. The number of rotatable bonds is 4. The van der Waals surface area contributed by atoms with Crippen LogP contribution in [0.15, 0.2) is 156 Å². The highest BCUT2D eigenvalue weighted by molar-refractivity contribution is 6.09. The summed E-state index contributed by atoms with van der Waals surface area (Å²) < 4.78 is 8.26. The van der Waals surface area contributed by atoms with Crippen LogP contribution >= 0.6 is 0 Å². The second kappa shape index (κ2) is 9.79.